The fourth-order valence-electron chi connectivity index (χ4n) is 4.23. The van der Waals surface area contributed by atoms with Gasteiger partial charge in [0.15, 0.2) is 17.3 Å². The third kappa shape index (κ3) is 5.89. The van der Waals surface area contributed by atoms with Gasteiger partial charge in [0, 0.05) is 0 Å². The van der Waals surface area contributed by atoms with Crippen LogP contribution < -0.4 is 14.8 Å². The zero-order valence-electron chi connectivity index (χ0n) is 19.7. The van der Waals surface area contributed by atoms with Gasteiger partial charge in [-0.3, -0.25) is 5.32 Å². The average molecular weight is 551 g/mol. The topological polar surface area (TPSA) is 124 Å². The van der Waals surface area contributed by atoms with Gasteiger partial charge >= 0.3 is 12.1 Å². The molecular weight excluding hydrogens is 529 g/mol. The molecule has 3 heterocycles. The standard InChI is InChI=1S/C22H21ClN6O2.C2HF3O2/c23-20-10-4-14-3-8-16(21(14)25-20)24-17(22-26-27-28-29(22)15-5-6-15)7-1-13-2-9-18-19(11-13)31-12-30-18;3-2(4,5)1(6)7/h1-2,4,7,9-11,15-17,24H,3,5-6,8,12H2;(H,6,7)/b7-1+;. The number of halogens is 4. The molecule has 1 aromatic carbocycles. The highest BCUT2D eigenvalue weighted by atomic mass is 35.5. The second kappa shape index (κ2) is 10.6. The summed E-state index contributed by atoms with van der Waals surface area (Å²) in [6.07, 6.45) is 3.24. The van der Waals surface area contributed by atoms with Crippen LogP contribution in [-0.2, 0) is 11.2 Å². The van der Waals surface area contributed by atoms with E-state index in [1.54, 1.807) is 0 Å². The van der Waals surface area contributed by atoms with Gasteiger partial charge in [-0.1, -0.05) is 35.9 Å². The summed E-state index contributed by atoms with van der Waals surface area (Å²) >= 11 is 6.18. The SMILES string of the molecule is Clc1ccc2c(n1)C(NC(/C=C/c1ccc3c(c1)OCO3)c1nnnn1C1CC1)CC2.O=C(O)C(F)(F)F. The van der Waals surface area contributed by atoms with Gasteiger partial charge in [-0.25, -0.2) is 14.5 Å². The van der Waals surface area contributed by atoms with Crippen molar-refractivity contribution in [1.82, 2.24) is 30.5 Å². The highest BCUT2D eigenvalue weighted by Crippen LogP contribution is 2.38. The van der Waals surface area contributed by atoms with Gasteiger partial charge in [-0.2, -0.15) is 13.2 Å². The quantitative estimate of drug-likeness (QED) is 0.428. The molecule has 1 aliphatic heterocycles. The Morgan fingerprint density at radius 3 is 2.68 bits per heavy atom. The number of pyridine rings is 1. The normalized spacial score (nSPS) is 18.7. The Balaban J connectivity index is 0.000000374. The van der Waals surface area contributed by atoms with Crippen LogP contribution in [0.2, 0.25) is 5.15 Å². The monoisotopic (exact) mass is 550 g/mol. The molecule has 3 aliphatic rings. The van der Waals surface area contributed by atoms with Crippen LogP contribution in [0.25, 0.3) is 6.08 Å². The Bertz CT molecular complexity index is 1360. The van der Waals surface area contributed by atoms with E-state index in [2.05, 4.69) is 44.0 Å². The number of carboxylic acid groups (broad SMARTS) is 1. The number of nitrogens with one attached hydrogen (secondary N) is 1. The van der Waals surface area contributed by atoms with Crippen LogP contribution in [0.15, 0.2) is 36.4 Å². The van der Waals surface area contributed by atoms with Gasteiger partial charge in [-0.05, 0) is 65.4 Å². The van der Waals surface area contributed by atoms with E-state index in [1.165, 1.54) is 5.56 Å². The predicted octanol–water partition coefficient (Wildman–Crippen LogP) is 4.45. The van der Waals surface area contributed by atoms with Crippen LogP contribution in [0.4, 0.5) is 13.2 Å². The minimum absolute atomic E-state index is 0.0875. The molecule has 2 N–H and O–H groups in total. The lowest BCUT2D eigenvalue weighted by atomic mass is 10.1. The average Bonchev–Trinajstić information content (AvgIpc) is 3.26. The lowest BCUT2D eigenvalue weighted by Gasteiger charge is -2.20. The number of benzene rings is 1. The van der Waals surface area contributed by atoms with Gasteiger partial charge in [-0.15, -0.1) is 5.10 Å². The second-order valence-electron chi connectivity index (χ2n) is 8.90. The number of alkyl halides is 3. The van der Waals surface area contributed by atoms with Crippen molar-refractivity contribution in [2.45, 2.75) is 50.0 Å². The number of nitrogens with zero attached hydrogens (tertiary/aromatic N) is 5. The summed E-state index contributed by atoms with van der Waals surface area (Å²) in [5.41, 5.74) is 3.27. The van der Waals surface area contributed by atoms with Gasteiger partial charge in [0.05, 0.1) is 23.8 Å². The van der Waals surface area contributed by atoms with Crippen LogP contribution in [0.5, 0.6) is 11.5 Å². The Hall–Kier alpha value is -3.71. The molecule has 3 aromatic rings. The molecule has 38 heavy (non-hydrogen) atoms. The van der Waals surface area contributed by atoms with Gasteiger partial charge in [0.25, 0.3) is 0 Å². The summed E-state index contributed by atoms with van der Waals surface area (Å²) in [4.78, 5) is 13.5. The van der Waals surface area contributed by atoms with Crippen molar-refractivity contribution in [3.05, 3.63) is 64.2 Å². The van der Waals surface area contributed by atoms with E-state index in [0.29, 0.717) is 11.2 Å². The minimum Gasteiger partial charge on any atom is -0.475 e. The molecular formula is C24H22ClF3N6O4. The van der Waals surface area contributed by atoms with E-state index in [4.69, 9.17) is 31.0 Å². The van der Waals surface area contributed by atoms with Crippen molar-refractivity contribution >= 4 is 23.6 Å². The Morgan fingerprint density at radius 1 is 1.18 bits per heavy atom. The number of aliphatic carboxylic acids is 1. The van der Waals surface area contributed by atoms with Crippen LogP contribution in [0, 0.1) is 0 Å². The van der Waals surface area contributed by atoms with Crippen LogP contribution in [-0.4, -0.2) is 49.2 Å². The molecule has 10 nitrogen and oxygen atoms in total. The summed E-state index contributed by atoms with van der Waals surface area (Å²) in [6, 6.07) is 10.1. The number of aromatic nitrogens is 5. The first kappa shape index (κ1) is 25.9. The Labute approximate surface area is 219 Å². The first-order valence-electron chi connectivity index (χ1n) is 11.8. The van der Waals surface area contributed by atoms with Crippen molar-refractivity contribution < 1.29 is 32.5 Å². The fourth-order valence-corrected chi connectivity index (χ4v) is 4.39. The summed E-state index contributed by atoms with van der Waals surface area (Å²) in [7, 11) is 0. The van der Waals surface area contributed by atoms with Crippen molar-refractivity contribution in [2.75, 3.05) is 6.79 Å². The summed E-state index contributed by atoms with van der Waals surface area (Å²) < 4.78 is 44.6. The van der Waals surface area contributed by atoms with Gasteiger partial charge in [0.1, 0.15) is 5.15 Å². The number of ether oxygens (including phenoxy) is 2. The van der Waals surface area contributed by atoms with Crippen molar-refractivity contribution in [2.24, 2.45) is 0 Å². The molecule has 200 valence electrons. The maximum Gasteiger partial charge on any atom is 0.490 e. The maximum atomic E-state index is 10.6. The Kier molecular flexibility index (Phi) is 7.21. The van der Waals surface area contributed by atoms with E-state index in [1.807, 2.05) is 28.9 Å². The zero-order chi connectivity index (χ0) is 26.9. The molecule has 1 fully saturated rings. The van der Waals surface area contributed by atoms with Crippen LogP contribution >= 0.6 is 11.6 Å². The molecule has 14 heteroatoms. The number of tetrazole rings is 1. The van der Waals surface area contributed by atoms with Crippen molar-refractivity contribution in [1.29, 1.82) is 0 Å². The molecule has 0 bridgehead atoms. The lowest BCUT2D eigenvalue weighted by Crippen LogP contribution is -2.27. The molecule has 1 saturated carbocycles. The molecule has 2 unspecified atom stereocenters. The van der Waals surface area contributed by atoms with E-state index < -0.39 is 12.1 Å². The highest BCUT2D eigenvalue weighted by Gasteiger charge is 2.38. The number of hydrogen-bond acceptors (Lipinski definition) is 8. The van der Waals surface area contributed by atoms with E-state index in [-0.39, 0.29) is 18.9 Å². The van der Waals surface area contributed by atoms with Crippen LogP contribution in [0.3, 0.4) is 0 Å². The maximum absolute atomic E-state index is 10.6. The molecule has 0 spiro atoms. The lowest BCUT2D eigenvalue weighted by molar-refractivity contribution is -0.192. The van der Waals surface area contributed by atoms with E-state index in [9.17, 15) is 13.2 Å². The number of fused-ring (bicyclic) bond motifs is 2. The number of carboxylic acids is 1. The predicted molar refractivity (Wildman–Crippen MR) is 128 cm³/mol. The highest BCUT2D eigenvalue weighted by molar-refractivity contribution is 6.29. The second-order valence-corrected chi connectivity index (χ2v) is 9.29. The first-order valence-corrected chi connectivity index (χ1v) is 12.1. The largest absolute Gasteiger partial charge is 0.490 e. The molecule has 0 amide bonds. The minimum atomic E-state index is -5.08. The van der Waals surface area contributed by atoms with Crippen LogP contribution in [0.1, 0.15) is 60.0 Å². The first-order chi connectivity index (χ1) is 18.2. The third-order valence-electron chi connectivity index (χ3n) is 6.20. The number of aryl methyl sites for hydroxylation is 1. The fraction of sp³-hybridized carbons (Fsp3) is 0.375. The van der Waals surface area contributed by atoms with Gasteiger partial charge in [0.2, 0.25) is 6.79 Å². The molecule has 0 radical (unpaired) electrons. The Morgan fingerprint density at radius 2 is 1.95 bits per heavy atom. The number of hydrogen-bond donors (Lipinski definition) is 2. The summed E-state index contributed by atoms with van der Waals surface area (Å²) in [5, 5.41) is 23.9. The summed E-state index contributed by atoms with van der Waals surface area (Å²) in [6.45, 7) is 0.263. The summed E-state index contributed by atoms with van der Waals surface area (Å²) in [5.74, 6) is -0.407. The molecule has 0 saturated heterocycles. The third-order valence-corrected chi connectivity index (χ3v) is 6.41. The smallest absolute Gasteiger partial charge is 0.475 e. The van der Waals surface area contributed by atoms with E-state index in [0.717, 1.165) is 54.3 Å². The molecule has 2 aliphatic carbocycles. The molecule has 6 rings (SSSR count). The van der Waals surface area contributed by atoms with Gasteiger partial charge < -0.3 is 14.6 Å². The van der Waals surface area contributed by atoms with Crippen molar-refractivity contribution in [3.8, 4) is 11.5 Å². The molecule has 2 atom stereocenters. The van der Waals surface area contributed by atoms with Crippen molar-refractivity contribution in [3.63, 3.8) is 0 Å². The number of rotatable bonds is 6. The molecule has 2 aromatic heterocycles. The zero-order valence-corrected chi connectivity index (χ0v) is 20.5. The van der Waals surface area contributed by atoms with E-state index >= 15 is 0 Å². The number of carbonyl (C=O) groups is 1.